The van der Waals surface area contributed by atoms with Crippen molar-refractivity contribution in [2.24, 2.45) is 0 Å². The van der Waals surface area contributed by atoms with Crippen molar-refractivity contribution in [2.75, 3.05) is 0 Å². The molecule has 0 aliphatic carbocycles. The van der Waals surface area contributed by atoms with E-state index in [1.807, 2.05) is 38.1 Å². The van der Waals surface area contributed by atoms with E-state index in [0.717, 1.165) is 11.6 Å². The van der Waals surface area contributed by atoms with Crippen molar-refractivity contribution in [3.05, 3.63) is 70.2 Å². The average Bonchev–Trinajstić information content (AvgIpc) is 2.38. The van der Waals surface area contributed by atoms with Gasteiger partial charge in [-0.2, -0.15) is 0 Å². The van der Waals surface area contributed by atoms with Gasteiger partial charge in [-0.3, -0.25) is 0 Å². The first-order chi connectivity index (χ1) is 9.45. The van der Waals surface area contributed by atoms with E-state index >= 15 is 0 Å². The van der Waals surface area contributed by atoms with Crippen LogP contribution in [0, 0.1) is 11.6 Å². The van der Waals surface area contributed by atoms with E-state index in [4.69, 9.17) is 11.6 Å². The molecule has 2 atom stereocenters. The Bertz CT molecular complexity index is 563. The maximum absolute atomic E-state index is 13.2. The number of rotatable bonds is 4. The zero-order chi connectivity index (χ0) is 14.7. The lowest BCUT2D eigenvalue weighted by atomic mass is 10.0. The molecule has 106 valence electrons. The monoisotopic (exact) mass is 295 g/mol. The van der Waals surface area contributed by atoms with Gasteiger partial charge >= 0.3 is 0 Å². The Kier molecular flexibility index (Phi) is 4.73. The summed E-state index contributed by atoms with van der Waals surface area (Å²) in [5.74, 6) is -1.12. The summed E-state index contributed by atoms with van der Waals surface area (Å²) < 4.78 is 26.4. The molecule has 0 heterocycles. The first-order valence-corrected chi connectivity index (χ1v) is 6.81. The molecule has 0 saturated heterocycles. The van der Waals surface area contributed by atoms with E-state index in [1.54, 1.807) is 0 Å². The lowest BCUT2D eigenvalue weighted by Crippen LogP contribution is -2.22. The molecule has 0 saturated carbocycles. The molecule has 4 heteroatoms. The number of hydrogen-bond donors (Lipinski definition) is 1. The van der Waals surface area contributed by atoms with Gasteiger partial charge in [-0.25, -0.2) is 8.78 Å². The molecule has 0 amide bonds. The van der Waals surface area contributed by atoms with Gasteiger partial charge in [0.25, 0.3) is 0 Å². The summed E-state index contributed by atoms with van der Waals surface area (Å²) in [5.41, 5.74) is 1.65. The molecule has 20 heavy (non-hydrogen) atoms. The van der Waals surface area contributed by atoms with Crippen molar-refractivity contribution in [2.45, 2.75) is 25.9 Å². The van der Waals surface area contributed by atoms with Gasteiger partial charge in [0.1, 0.15) is 11.6 Å². The second-order valence-electron chi connectivity index (χ2n) is 4.86. The zero-order valence-corrected chi connectivity index (χ0v) is 12.1. The Morgan fingerprint density at radius 3 is 1.90 bits per heavy atom. The average molecular weight is 296 g/mol. The molecule has 1 N–H and O–H groups in total. The van der Waals surface area contributed by atoms with Gasteiger partial charge in [-0.1, -0.05) is 23.7 Å². The summed E-state index contributed by atoms with van der Waals surface area (Å²) in [6.45, 7) is 3.87. The number of halogens is 3. The van der Waals surface area contributed by atoms with Crippen LogP contribution in [0.25, 0.3) is 0 Å². The van der Waals surface area contributed by atoms with Gasteiger partial charge in [0.15, 0.2) is 0 Å². The molecule has 0 bridgehead atoms. The highest BCUT2D eigenvalue weighted by molar-refractivity contribution is 6.30. The molecule has 2 aromatic rings. The molecule has 0 aromatic heterocycles. The molecule has 2 aromatic carbocycles. The number of benzene rings is 2. The van der Waals surface area contributed by atoms with E-state index < -0.39 is 11.6 Å². The van der Waals surface area contributed by atoms with Gasteiger partial charge in [-0.15, -0.1) is 0 Å². The Morgan fingerprint density at radius 2 is 1.35 bits per heavy atom. The summed E-state index contributed by atoms with van der Waals surface area (Å²) in [4.78, 5) is 0. The molecule has 0 aliphatic heterocycles. The summed E-state index contributed by atoms with van der Waals surface area (Å²) in [5, 5.41) is 3.99. The largest absolute Gasteiger partial charge is 0.304 e. The van der Waals surface area contributed by atoms with Crippen LogP contribution < -0.4 is 5.32 Å². The van der Waals surface area contributed by atoms with Crippen LogP contribution in [0.5, 0.6) is 0 Å². The molecule has 0 fully saturated rings. The summed E-state index contributed by atoms with van der Waals surface area (Å²) >= 11 is 5.85. The normalized spacial score (nSPS) is 14.1. The van der Waals surface area contributed by atoms with Crippen LogP contribution in [0.2, 0.25) is 5.02 Å². The molecular weight excluding hydrogens is 280 g/mol. The minimum Gasteiger partial charge on any atom is -0.304 e. The molecule has 2 rings (SSSR count). The minimum atomic E-state index is -0.562. The highest BCUT2D eigenvalue weighted by Crippen LogP contribution is 2.22. The Morgan fingerprint density at radius 1 is 0.850 bits per heavy atom. The number of hydrogen-bond acceptors (Lipinski definition) is 1. The summed E-state index contributed by atoms with van der Waals surface area (Å²) in [7, 11) is 0. The third-order valence-corrected chi connectivity index (χ3v) is 3.51. The van der Waals surface area contributed by atoms with Gasteiger partial charge in [0.2, 0.25) is 0 Å². The Labute approximate surface area is 122 Å². The SMILES string of the molecule is CC(N[C@H](C)c1ccc(Cl)cc1)c1cc(F)cc(F)c1. The van der Waals surface area contributed by atoms with E-state index in [2.05, 4.69) is 5.32 Å². The molecular formula is C16H16ClF2N. The Balaban J connectivity index is 2.10. The quantitative estimate of drug-likeness (QED) is 0.834. The lowest BCUT2D eigenvalue weighted by Gasteiger charge is -2.21. The third-order valence-electron chi connectivity index (χ3n) is 3.25. The van der Waals surface area contributed by atoms with Crippen molar-refractivity contribution >= 4 is 11.6 Å². The predicted molar refractivity (Wildman–Crippen MR) is 77.8 cm³/mol. The van der Waals surface area contributed by atoms with Crippen molar-refractivity contribution in [1.29, 1.82) is 0 Å². The first kappa shape index (κ1) is 14.9. The van der Waals surface area contributed by atoms with E-state index in [0.29, 0.717) is 10.6 Å². The molecule has 0 aliphatic rings. The van der Waals surface area contributed by atoms with Crippen LogP contribution in [-0.2, 0) is 0 Å². The van der Waals surface area contributed by atoms with Crippen molar-refractivity contribution in [3.63, 3.8) is 0 Å². The van der Waals surface area contributed by atoms with E-state index in [1.165, 1.54) is 12.1 Å². The fraction of sp³-hybridized carbons (Fsp3) is 0.250. The molecule has 0 radical (unpaired) electrons. The van der Waals surface area contributed by atoms with Gasteiger partial charge in [0, 0.05) is 23.2 Å². The van der Waals surface area contributed by atoms with Crippen molar-refractivity contribution in [1.82, 2.24) is 5.32 Å². The van der Waals surface area contributed by atoms with Gasteiger partial charge in [0.05, 0.1) is 0 Å². The maximum atomic E-state index is 13.2. The van der Waals surface area contributed by atoms with E-state index in [-0.39, 0.29) is 12.1 Å². The van der Waals surface area contributed by atoms with Gasteiger partial charge in [-0.05, 0) is 49.2 Å². The van der Waals surface area contributed by atoms with Crippen LogP contribution >= 0.6 is 11.6 Å². The van der Waals surface area contributed by atoms with Crippen LogP contribution in [0.3, 0.4) is 0 Å². The zero-order valence-electron chi connectivity index (χ0n) is 11.3. The van der Waals surface area contributed by atoms with E-state index in [9.17, 15) is 8.78 Å². The summed E-state index contributed by atoms with van der Waals surface area (Å²) in [6, 6.07) is 10.9. The second kappa shape index (κ2) is 6.33. The van der Waals surface area contributed by atoms with Crippen molar-refractivity contribution in [3.8, 4) is 0 Å². The fourth-order valence-electron chi connectivity index (χ4n) is 2.14. The minimum absolute atomic E-state index is 0.0496. The van der Waals surface area contributed by atoms with Crippen LogP contribution in [-0.4, -0.2) is 0 Å². The standard InChI is InChI=1S/C16H16ClF2N/c1-10(12-3-5-14(17)6-4-12)20-11(2)13-7-15(18)9-16(19)8-13/h3-11,20H,1-2H3/t10-,11?/m1/s1. The smallest absolute Gasteiger partial charge is 0.126 e. The molecule has 1 unspecified atom stereocenters. The highest BCUT2D eigenvalue weighted by Gasteiger charge is 2.13. The topological polar surface area (TPSA) is 12.0 Å². The lowest BCUT2D eigenvalue weighted by molar-refractivity contribution is 0.487. The van der Waals surface area contributed by atoms with Crippen molar-refractivity contribution < 1.29 is 8.78 Å². The molecule has 0 spiro atoms. The fourth-order valence-corrected chi connectivity index (χ4v) is 2.27. The predicted octanol–water partition coefficient (Wildman–Crippen LogP) is 5.03. The summed E-state index contributed by atoms with van der Waals surface area (Å²) in [6.07, 6.45) is 0. The highest BCUT2D eigenvalue weighted by atomic mass is 35.5. The van der Waals surface area contributed by atoms with Crippen LogP contribution in [0.1, 0.15) is 37.1 Å². The van der Waals surface area contributed by atoms with Crippen LogP contribution in [0.15, 0.2) is 42.5 Å². The van der Waals surface area contributed by atoms with Crippen LogP contribution in [0.4, 0.5) is 8.78 Å². The number of nitrogens with one attached hydrogen (secondary N) is 1. The molecule has 1 nitrogen and oxygen atoms in total. The second-order valence-corrected chi connectivity index (χ2v) is 5.30. The first-order valence-electron chi connectivity index (χ1n) is 6.43. The maximum Gasteiger partial charge on any atom is 0.126 e. The van der Waals surface area contributed by atoms with Gasteiger partial charge < -0.3 is 5.32 Å². The Hall–Kier alpha value is -1.45. The third kappa shape index (κ3) is 3.78.